The predicted molar refractivity (Wildman–Crippen MR) is 122 cm³/mol. The number of halogens is 2. The van der Waals surface area contributed by atoms with Crippen molar-refractivity contribution < 1.29 is 14.0 Å². The molecule has 0 saturated carbocycles. The molecule has 0 spiro atoms. The number of nitrogens with zero attached hydrogens (tertiary/aromatic N) is 1. The van der Waals surface area contributed by atoms with Crippen LogP contribution in [0, 0.1) is 26.6 Å². The molecule has 1 aliphatic heterocycles. The van der Waals surface area contributed by atoms with Gasteiger partial charge in [-0.25, -0.2) is 9.29 Å². The van der Waals surface area contributed by atoms with Gasteiger partial charge >= 0.3 is 0 Å². The van der Waals surface area contributed by atoms with Crippen molar-refractivity contribution in [1.82, 2.24) is 0 Å². The molecule has 6 heteroatoms. The standard InChI is InChI=1S/C25H20ClFN2O2/c1-14-7-8-17(11-15(14)2)22-23(28-20-6-4-5-19(27)13-20)25(31)29(24(22)30)21-10-9-18(26)12-16(21)3/h4-13,28H,1-3H3. The van der Waals surface area contributed by atoms with Crippen LogP contribution in [0.1, 0.15) is 22.3 Å². The van der Waals surface area contributed by atoms with Crippen LogP contribution in [-0.4, -0.2) is 11.8 Å². The molecule has 4 rings (SSSR count). The highest BCUT2D eigenvalue weighted by molar-refractivity contribution is 6.46. The van der Waals surface area contributed by atoms with Crippen LogP contribution >= 0.6 is 11.6 Å². The molecule has 0 saturated heterocycles. The Balaban J connectivity index is 1.87. The summed E-state index contributed by atoms with van der Waals surface area (Å²) in [5, 5.41) is 3.49. The Morgan fingerprint density at radius 2 is 1.61 bits per heavy atom. The van der Waals surface area contributed by atoms with E-state index in [2.05, 4.69) is 5.32 Å². The summed E-state index contributed by atoms with van der Waals surface area (Å²) in [5.74, 6) is -1.40. The van der Waals surface area contributed by atoms with E-state index in [4.69, 9.17) is 11.6 Å². The molecule has 2 amide bonds. The number of anilines is 2. The van der Waals surface area contributed by atoms with E-state index in [0.717, 1.165) is 16.0 Å². The van der Waals surface area contributed by atoms with Crippen molar-refractivity contribution >= 4 is 40.4 Å². The van der Waals surface area contributed by atoms with Crippen LogP contribution in [0.4, 0.5) is 15.8 Å². The minimum absolute atomic E-state index is 0.105. The van der Waals surface area contributed by atoms with Crippen LogP contribution in [0.2, 0.25) is 5.02 Å². The number of amides is 2. The lowest BCUT2D eigenvalue weighted by Crippen LogP contribution is -2.33. The molecule has 0 aliphatic carbocycles. The normalized spacial score (nSPS) is 13.9. The number of aryl methyl sites for hydroxylation is 3. The number of benzene rings is 3. The van der Waals surface area contributed by atoms with Gasteiger partial charge in [0.1, 0.15) is 11.5 Å². The second-order valence-electron chi connectivity index (χ2n) is 7.56. The summed E-state index contributed by atoms with van der Waals surface area (Å²) >= 11 is 6.06. The van der Waals surface area contributed by atoms with Crippen LogP contribution in [-0.2, 0) is 9.59 Å². The first kappa shape index (κ1) is 20.8. The van der Waals surface area contributed by atoms with E-state index < -0.39 is 17.6 Å². The molecule has 1 heterocycles. The Morgan fingerprint density at radius 3 is 2.29 bits per heavy atom. The van der Waals surface area contributed by atoms with Gasteiger partial charge in [-0.2, -0.15) is 0 Å². The Kier molecular flexibility index (Phi) is 5.38. The van der Waals surface area contributed by atoms with Crippen molar-refractivity contribution in [3.63, 3.8) is 0 Å². The quantitative estimate of drug-likeness (QED) is 0.528. The maximum Gasteiger partial charge on any atom is 0.282 e. The van der Waals surface area contributed by atoms with Gasteiger partial charge in [-0.3, -0.25) is 9.59 Å². The van der Waals surface area contributed by atoms with E-state index in [0.29, 0.717) is 27.5 Å². The fourth-order valence-electron chi connectivity index (χ4n) is 3.61. The molecular weight excluding hydrogens is 415 g/mol. The van der Waals surface area contributed by atoms with Crippen LogP contribution in [0.5, 0.6) is 0 Å². The van der Waals surface area contributed by atoms with Crippen LogP contribution in [0.15, 0.2) is 66.4 Å². The number of hydrogen-bond acceptors (Lipinski definition) is 3. The van der Waals surface area contributed by atoms with Crippen molar-refractivity contribution in [2.24, 2.45) is 0 Å². The van der Waals surface area contributed by atoms with Gasteiger partial charge in [0.25, 0.3) is 11.8 Å². The maximum absolute atomic E-state index is 13.7. The minimum atomic E-state index is -0.507. The summed E-state index contributed by atoms with van der Waals surface area (Å²) in [7, 11) is 0. The van der Waals surface area contributed by atoms with E-state index in [1.807, 2.05) is 32.0 Å². The topological polar surface area (TPSA) is 49.4 Å². The monoisotopic (exact) mass is 434 g/mol. The number of imide groups is 1. The van der Waals surface area contributed by atoms with Gasteiger partial charge in [-0.1, -0.05) is 35.9 Å². The first-order valence-corrected chi connectivity index (χ1v) is 10.1. The molecule has 0 fully saturated rings. The molecular formula is C25H20ClFN2O2. The van der Waals surface area contributed by atoms with Crippen LogP contribution in [0.25, 0.3) is 5.57 Å². The molecule has 3 aromatic carbocycles. The zero-order valence-corrected chi connectivity index (χ0v) is 18.0. The molecule has 4 nitrogen and oxygen atoms in total. The molecule has 0 unspecified atom stereocenters. The van der Waals surface area contributed by atoms with Gasteiger partial charge in [-0.15, -0.1) is 0 Å². The number of nitrogens with one attached hydrogen (secondary N) is 1. The number of carbonyl (C=O) groups excluding carboxylic acids is 2. The number of carbonyl (C=O) groups is 2. The lowest BCUT2D eigenvalue weighted by molar-refractivity contribution is -0.120. The van der Waals surface area contributed by atoms with Gasteiger partial charge in [-0.05, 0) is 79.4 Å². The Morgan fingerprint density at radius 1 is 0.839 bits per heavy atom. The predicted octanol–water partition coefficient (Wildman–Crippen LogP) is 5.80. The highest BCUT2D eigenvalue weighted by Gasteiger charge is 2.41. The molecule has 0 bridgehead atoms. The van der Waals surface area contributed by atoms with Crippen molar-refractivity contribution in [3.05, 3.63) is 99.5 Å². The third kappa shape index (κ3) is 3.84. The Hall–Kier alpha value is -3.44. The van der Waals surface area contributed by atoms with Gasteiger partial charge in [0.05, 0.1) is 11.3 Å². The average molecular weight is 435 g/mol. The minimum Gasteiger partial charge on any atom is -0.350 e. The zero-order chi connectivity index (χ0) is 22.3. The van der Waals surface area contributed by atoms with Crippen LogP contribution < -0.4 is 10.2 Å². The van der Waals surface area contributed by atoms with E-state index in [-0.39, 0.29) is 11.3 Å². The summed E-state index contributed by atoms with van der Waals surface area (Å²) in [6.45, 7) is 5.71. The van der Waals surface area contributed by atoms with Crippen molar-refractivity contribution in [2.75, 3.05) is 10.2 Å². The van der Waals surface area contributed by atoms with Crippen molar-refractivity contribution in [2.45, 2.75) is 20.8 Å². The molecule has 156 valence electrons. The molecule has 0 aromatic heterocycles. The summed E-state index contributed by atoms with van der Waals surface area (Å²) in [6.07, 6.45) is 0. The van der Waals surface area contributed by atoms with Gasteiger partial charge in [0.2, 0.25) is 0 Å². The zero-order valence-electron chi connectivity index (χ0n) is 17.3. The fourth-order valence-corrected chi connectivity index (χ4v) is 3.84. The highest BCUT2D eigenvalue weighted by atomic mass is 35.5. The summed E-state index contributed by atoms with van der Waals surface area (Å²) in [4.78, 5) is 28.1. The summed E-state index contributed by atoms with van der Waals surface area (Å²) in [5.41, 5.74) is 4.57. The second kappa shape index (κ2) is 8.00. The molecule has 1 aliphatic rings. The third-order valence-corrected chi connectivity index (χ3v) is 5.61. The average Bonchev–Trinajstić information content (AvgIpc) is 2.94. The van der Waals surface area contributed by atoms with Crippen molar-refractivity contribution in [1.29, 1.82) is 0 Å². The lowest BCUT2D eigenvalue weighted by atomic mass is 9.99. The number of hydrogen-bond donors (Lipinski definition) is 1. The Labute approximate surface area is 185 Å². The second-order valence-corrected chi connectivity index (χ2v) is 8.00. The Bertz CT molecular complexity index is 1270. The highest BCUT2D eigenvalue weighted by Crippen LogP contribution is 2.36. The summed E-state index contributed by atoms with van der Waals surface area (Å²) in [6, 6.07) is 16.4. The van der Waals surface area contributed by atoms with Gasteiger partial charge in [0.15, 0.2) is 0 Å². The molecule has 1 N–H and O–H groups in total. The van der Waals surface area contributed by atoms with Gasteiger partial charge < -0.3 is 5.32 Å². The van der Waals surface area contributed by atoms with E-state index in [1.54, 1.807) is 31.2 Å². The fraction of sp³-hybridized carbons (Fsp3) is 0.120. The first-order valence-electron chi connectivity index (χ1n) is 9.75. The molecule has 0 radical (unpaired) electrons. The largest absolute Gasteiger partial charge is 0.350 e. The van der Waals surface area contributed by atoms with E-state index in [9.17, 15) is 14.0 Å². The number of rotatable bonds is 4. The van der Waals surface area contributed by atoms with E-state index in [1.165, 1.54) is 18.2 Å². The smallest absolute Gasteiger partial charge is 0.282 e. The summed E-state index contributed by atoms with van der Waals surface area (Å²) < 4.78 is 13.7. The molecule has 3 aromatic rings. The SMILES string of the molecule is Cc1ccc(C2=C(Nc3cccc(F)c3)C(=O)N(c3ccc(Cl)cc3C)C2=O)cc1C. The first-order chi connectivity index (χ1) is 14.8. The van der Waals surface area contributed by atoms with E-state index >= 15 is 0 Å². The van der Waals surface area contributed by atoms with Crippen LogP contribution in [0.3, 0.4) is 0 Å². The maximum atomic E-state index is 13.7. The molecule has 31 heavy (non-hydrogen) atoms. The third-order valence-electron chi connectivity index (χ3n) is 5.37. The van der Waals surface area contributed by atoms with Crippen molar-refractivity contribution in [3.8, 4) is 0 Å². The lowest BCUT2D eigenvalue weighted by Gasteiger charge is -2.18. The molecule has 0 atom stereocenters. The van der Waals surface area contributed by atoms with Gasteiger partial charge in [0, 0.05) is 10.7 Å².